The highest BCUT2D eigenvalue weighted by Crippen LogP contribution is 2.12. The van der Waals surface area contributed by atoms with Crippen LogP contribution in [0.25, 0.3) is 0 Å². The molecule has 0 unspecified atom stereocenters. The smallest absolute Gasteiger partial charge is 0.303 e. The van der Waals surface area contributed by atoms with Gasteiger partial charge in [0.1, 0.15) is 0 Å². The van der Waals surface area contributed by atoms with Crippen LogP contribution in [0, 0.1) is 6.92 Å². The second-order valence-corrected chi connectivity index (χ2v) is 3.71. The molecule has 4 heteroatoms. The molecule has 4 nitrogen and oxygen atoms in total. The average molecular weight is 196 g/mol. The van der Waals surface area contributed by atoms with Crippen LogP contribution in [-0.2, 0) is 11.2 Å². The van der Waals surface area contributed by atoms with Crippen LogP contribution in [0.3, 0.4) is 0 Å². The van der Waals surface area contributed by atoms with Crippen LogP contribution in [0.4, 0.5) is 0 Å². The van der Waals surface area contributed by atoms with Crippen molar-refractivity contribution in [2.45, 2.75) is 39.7 Å². The van der Waals surface area contributed by atoms with Gasteiger partial charge >= 0.3 is 5.97 Å². The maximum absolute atomic E-state index is 10.4. The Bertz CT molecular complexity index is 329. The summed E-state index contributed by atoms with van der Waals surface area (Å²) in [6.45, 7) is 6.01. The van der Waals surface area contributed by atoms with Gasteiger partial charge in [0.2, 0.25) is 0 Å². The third kappa shape index (κ3) is 2.58. The monoisotopic (exact) mass is 196 g/mol. The summed E-state index contributed by atoms with van der Waals surface area (Å²) in [6, 6.07) is 0.326. The van der Waals surface area contributed by atoms with E-state index in [2.05, 4.69) is 5.10 Å². The molecule has 1 rings (SSSR count). The quantitative estimate of drug-likeness (QED) is 0.798. The third-order valence-corrected chi connectivity index (χ3v) is 2.16. The minimum atomic E-state index is -0.762. The molecule has 0 atom stereocenters. The second-order valence-electron chi connectivity index (χ2n) is 3.71. The van der Waals surface area contributed by atoms with Gasteiger partial charge < -0.3 is 5.11 Å². The zero-order chi connectivity index (χ0) is 10.7. The Morgan fingerprint density at radius 2 is 2.29 bits per heavy atom. The lowest BCUT2D eigenvalue weighted by atomic mass is 10.1. The van der Waals surface area contributed by atoms with Crippen LogP contribution in [0.2, 0.25) is 0 Å². The number of hydrogen-bond acceptors (Lipinski definition) is 2. The fourth-order valence-corrected chi connectivity index (χ4v) is 1.27. The Balaban J connectivity index is 2.72. The Kier molecular flexibility index (Phi) is 3.28. The molecule has 14 heavy (non-hydrogen) atoms. The SMILES string of the molecule is Cc1nn(C(C)C)cc1CCC(=O)O. The number of carboxylic acid groups (broad SMARTS) is 1. The minimum absolute atomic E-state index is 0.171. The van der Waals surface area contributed by atoms with Crippen LogP contribution in [-0.4, -0.2) is 20.9 Å². The maximum Gasteiger partial charge on any atom is 0.303 e. The third-order valence-electron chi connectivity index (χ3n) is 2.16. The molecule has 1 aromatic heterocycles. The standard InChI is InChI=1S/C10H16N2O2/c1-7(2)12-6-9(8(3)11-12)4-5-10(13)14/h6-7H,4-5H2,1-3H3,(H,13,14). The second kappa shape index (κ2) is 4.26. The summed E-state index contributed by atoms with van der Waals surface area (Å²) in [5, 5.41) is 12.9. The van der Waals surface area contributed by atoms with Crippen molar-refractivity contribution in [3.63, 3.8) is 0 Å². The first-order valence-electron chi connectivity index (χ1n) is 4.77. The molecular weight excluding hydrogens is 180 g/mol. The van der Waals surface area contributed by atoms with Gasteiger partial charge in [0.25, 0.3) is 0 Å². The number of nitrogens with zero attached hydrogens (tertiary/aromatic N) is 2. The summed E-state index contributed by atoms with van der Waals surface area (Å²) < 4.78 is 1.87. The van der Waals surface area contributed by atoms with E-state index in [1.165, 1.54) is 0 Å². The van der Waals surface area contributed by atoms with Crippen molar-refractivity contribution in [3.8, 4) is 0 Å². The lowest BCUT2D eigenvalue weighted by Crippen LogP contribution is -2.00. The highest BCUT2D eigenvalue weighted by molar-refractivity contribution is 5.67. The van der Waals surface area contributed by atoms with Gasteiger partial charge in [-0.2, -0.15) is 5.10 Å². The van der Waals surface area contributed by atoms with Gasteiger partial charge in [-0.15, -0.1) is 0 Å². The van der Waals surface area contributed by atoms with Crippen molar-refractivity contribution >= 4 is 5.97 Å². The lowest BCUT2D eigenvalue weighted by molar-refractivity contribution is -0.136. The van der Waals surface area contributed by atoms with Gasteiger partial charge in [0.15, 0.2) is 0 Å². The molecule has 0 saturated carbocycles. The summed E-state index contributed by atoms with van der Waals surface area (Å²) in [6.07, 6.45) is 2.67. The first-order valence-corrected chi connectivity index (χ1v) is 4.77. The summed E-state index contributed by atoms with van der Waals surface area (Å²) >= 11 is 0. The molecule has 78 valence electrons. The van der Waals surface area contributed by atoms with Crippen LogP contribution in [0.5, 0.6) is 0 Å². The predicted molar refractivity (Wildman–Crippen MR) is 53.3 cm³/mol. The molecular formula is C10H16N2O2. The van der Waals surface area contributed by atoms with E-state index in [4.69, 9.17) is 5.11 Å². The van der Waals surface area contributed by atoms with Crippen LogP contribution < -0.4 is 0 Å². The average Bonchev–Trinajstić information content (AvgIpc) is 2.43. The molecule has 0 bridgehead atoms. The summed E-state index contributed by atoms with van der Waals surface area (Å²) in [7, 11) is 0. The topological polar surface area (TPSA) is 55.1 Å². The number of rotatable bonds is 4. The number of hydrogen-bond donors (Lipinski definition) is 1. The largest absolute Gasteiger partial charge is 0.481 e. The Morgan fingerprint density at radius 3 is 2.71 bits per heavy atom. The van der Waals surface area contributed by atoms with Crippen molar-refractivity contribution in [2.75, 3.05) is 0 Å². The number of aromatic nitrogens is 2. The first-order chi connectivity index (χ1) is 6.50. The Labute approximate surface area is 83.5 Å². The molecule has 0 saturated heterocycles. The van der Waals surface area contributed by atoms with Crippen molar-refractivity contribution in [3.05, 3.63) is 17.5 Å². The Hall–Kier alpha value is -1.32. The molecule has 1 N–H and O–H groups in total. The van der Waals surface area contributed by atoms with Crippen molar-refractivity contribution < 1.29 is 9.90 Å². The normalized spacial score (nSPS) is 10.9. The molecule has 0 radical (unpaired) electrons. The van der Waals surface area contributed by atoms with Crippen molar-refractivity contribution in [1.82, 2.24) is 9.78 Å². The van der Waals surface area contributed by atoms with E-state index in [9.17, 15) is 4.79 Å². The summed E-state index contributed by atoms with van der Waals surface area (Å²) in [4.78, 5) is 10.4. The van der Waals surface area contributed by atoms with E-state index in [-0.39, 0.29) is 6.42 Å². The zero-order valence-corrected chi connectivity index (χ0v) is 8.82. The van der Waals surface area contributed by atoms with E-state index in [1.54, 1.807) is 0 Å². The van der Waals surface area contributed by atoms with E-state index < -0.39 is 5.97 Å². The van der Waals surface area contributed by atoms with Crippen molar-refractivity contribution in [2.24, 2.45) is 0 Å². The van der Waals surface area contributed by atoms with Gasteiger partial charge in [0.05, 0.1) is 5.69 Å². The molecule has 0 amide bonds. The number of carbonyl (C=O) groups is 1. The molecule has 0 aliphatic rings. The van der Waals surface area contributed by atoms with E-state index >= 15 is 0 Å². The van der Waals surface area contributed by atoms with Gasteiger partial charge in [-0.05, 0) is 32.8 Å². The van der Waals surface area contributed by atoms with Gasteiger partial charge in [0, 0.05) is 18.7 Å². The molecule has 0 fully saturated rings. The number of carboxylic acids is 1. The highest BCUT2D eigenvalue weighted by Gasteiger charge is 2.08. The van der Waals surface area contributed by atoms with Gasteiger partial charge in [-0.25, -0.2) is 0 Å². The van der Waals surface area contributed by atoms with E-state index in [1.807, 2.05) is 31.6 Å². The molecule has 1 heterocycles. The lowest BCUT2D eigenvalue weighted by Gasteiger charge is -2.02. The van der Waals surface area contributed by atoms with E-state index in [0.29, 0.717) is 12.5 Å². The van der Waals surface area contributed by atoms with Crippen molar-refractivity contribution in [1.29, 1.82) is 0 Å². The highest BCUT2D eigenvalue weighted by atomic mass is 16.4. The molecule has 0 aliphatic carbocycles. The van der Waals surface area contributed by atoms with Crippen LogP contribution in [0.1, 0.15) is 37.6 Å². The molecule has 0 aliphatic heterocycles. The van der Waals surface area contributed by atoms with Gasteiger partial charge in [-0.3, -0.25) is 9.48 Å². The summed E-state index contributed by atoms with van der Waals surface area (Å²) in [5.41, 5.74) is 1.96. The molecule has 0 spiro atoms. The zero-order valence-electron chi connectivity index (χ0n) is 8.82. The molecule has 1 aromatic rings. The predicted octanol–water partition coefficient (Wildman–Crippen LogP) is 1.79. The van der Waals surface area contributed by atoms with E-state index in [0.717, 1.165) is 11.3 Å². The maximum atomic E-state index is 10.4. The Morgan fingerprint density at radius 1 is 1.64 bits per heavy atom. The fraction of sp³-hybridized carbons (Fsp3) is 0.600. The fourth-order valence-electron chi connectivity index (χ4n) is 1.27. The number of aliphatic carboxylic acids is 1. The van der Waals surface area contributed by atoms with Crippen LogP contribution >= 0.6 is 0 Å². The van der Waals surface area contributed by atoms with Gasteiger partial charge in [-0.1, -0.05) is 0 Å². The molecule has 0 aromatic carbocycles. The van der Waals surface area contributed by atoms with Crippen LogP contribution in [0.15, 0.2) is 6.20 Å². The first kappa shape index (κ1) is 10.8. The minimum Gasteiger partial charge on any atom is -0.481 e. The number of aryl methyl sites for hydroxylation is 2. The summed E-state index contributed by atoms with van der Waals surface area (Å²) in [5.74, 6) is -0.762.